The summed E-state index contributed by atoms with van der Waals surface area (Å²) in [5, 5.41) is 0. The first-order valence-corrected chi connectivity index (χ1v) is 10.1. The maximum absolute atomic E-state index is 12.8. The lowest BCUT2D eigenvalue weighted by Crippen LogP contribution is -2.36. The Balaban J connectivity index is 1.59. The van der Waals surface area contributed by atoms with Gasteiger partial charge in [0.05, 0.1) is 18.7 Å². The fourth-order valence-electron chi connectivity index (χ4n) is 3.71. The average Bonchev–Trinajstić information content (AvgIpc) is 3.14. The molecule has 0 aliphatic carbocycles. The highest BCUT2D eigenvalue weighted by molar-refractivity contribution is 9.10. The van der Waals surface area contributed by atoms with E-state index in [4.69, 9.17) is 9.47 Å². The average molecular weight is 432 g/mol. The number of nitrogens with zero attached hydrogens (tertiary/aromatic N) is 1. The van der Waals surface area contributed by atoms with E-state index in [1.165, 1.54) is 5.56 Å². The van der Waals surface area contributed by atoms with E-state index >= 15 is 0 Å². The monoisotopic (exact) mass is 431 g/mol. The maximum Gasteiger partial charge on any atom is 0.223 e. The molecule has 0 saturated carbocycles. The van der Waals surface area contributed by atoms with Gasteiger partial charge >= 0.3 is 0 Å². The van der Waals surface area contributed by atoms with Crippen molar-refractivity contribution >= 4 is 21.8 Å². The summed E-state index contributed by atoms with van der Waals surface area (Å²) in [6.45, 7) is 0.861. The highest BCUT2D eigenvalue weighted by Gasteiger charge is 2.28. The molecule has 1 aliphatic rings. The first-order valence-electron chi connectivity index (χ1n) is 9.35. The third-order valence-electron chi connectivity index (χ3n) is 5.15. The molecule has 2 aromatic carbocycles. The number of carbonyl (C=O) groups is 1. The van der Waals surface area contributed by atoms with E-state index in [0.717, 1.165) is 53.8 Å². The predicted octanol–water partition coefficient (Wildman–Crippen LogP) is 4.63. The van der Waals surface area contributed by atoms with Crippen molar-refractivity contribution in [3.05, 3.63) is 58.1 Å². The number of hydrogen-bond donors (Lipinski definition) is 0. The molecule has 5 heteroatoms. The molecule has 144 valence electrons. The van der Waals surface area contributed by atoms with Gasteiger partial charge < -0.3 is 14.4 Å². The van der Waals surface area contributed by atoms with Crippen molar-refractivity contribution in [2.75, 3.05) is 20.8 Å². The van der Waals surface area contributed by atoms with Crippen LogP contribution in [0.2, 0.25) is 0 Å². The summed E-state index contributed by atoms with van der Waals surface area (Å²) < 4.78 is 11.5. The molecule has 1 atom stereocenters. The zero-order valence-electron chi connectivity index (χ0n) is 15.9. The van der Waals surface area contributed by atoms with Gasteiger partial charge in [-0.3, -0.25) is 4.79 Å². The van der Waals surface area contributed by atoms with Gasteiger partial charge in [-0.05, 0) is 77.0 Å². The number of carbonyl (C=O) groups excluding carboxylic acids is 1. The Morgan fingerprint density at radius 2 is 2.00 bits per heavy atom. The second-order valence-electron chi connectivity index (χ2n) is 6.91. The fraction of sp³-hybridized carbons (Fsp3) is 0.409. The van der Waals surface area contributed by atoms with E-state index in [2.05, 4.69) is 33.0 Å². The van der Waals surface area contributed by atoms with Crippen molar-refractivity contribution in [1.29, 1.82) is 0 Å². The van der Waals surface area contributed by atoms with Gasteiger partial charge in [0.1, 0.15) is 11.5 Å². The molecular formula is C22H26BrNO3. The summed E-state index contributed by atoms with van der Waals surface area (Å²) in [5.74, 6) is 1.92. The summed E-state index contributed by atoms with van der Waals surface area (Å²) in [7, 11) is 3.33. The molecule has 1 heterocycles. The van der Waals surface area contributed by atoms with Crippen LogP contribution < -0.4 is 9.47 Å². The number of likely N-dealkylation sites (tertiary alicyclic amines) is 1. The van der Waals surface area contributed by atoms with Gasteiger partial charge in [-0.15, -0.1) is 0 Å². The molecule has 4 nitrogen and oxygen atoms in total. The normalized spacial score (nSPS) is 16.4. The van der Waals surface area contributed by atoms with Crippen molar-refractivity contribution in [2.45, 2.75) is 38.1 Å². The number of rotatable bonds is 7. The Bertz CT molecular complexity index is 793. The van der Waals surface area contributed by atoms with Crippen LogP contribution in [0.3, 0.4) is 0 Å². The van der Waals surface area contributed by atoms with E-state index in [9.17, 15) is 4.79 Å². The van der Waals surface area contributed by atoms with Gasteiger partial charge in [0.15, 0.2) is 0 Å². The molecule has 0 aromatic heterocycles. The van der Waals surface area contributed by atoms with Crippen LogP contribution in [0.25, 0.3) is 0 Å². The number of ether oxygens (including phenoxy) is 2. The summed E-state index contributed by atoms with van der Waals surface area (Å²) in [6, 6.07) is 14.4. The highest BCUT2D eigenvalue weighted by Crippen LogP contribution is 2.27. The SMILES string of the molecule is COc1cccc(CC2CCCN2C(=O)CCc2ccc(OC)c(Br)c2)c1. The first kappa shape index (κ1) is 19.7. The van der Waals surface area contributed by atoms with Gasteiger partial charge in [-0.2, -0.15) is 0 Å². The number of benzene rings is 2. The molecule has 0 N–H and O–H groups in total. The van der Waals surface area contributed by atoms with Crippen molar-refractivity contribution in [3.63, 3.8) is 0 Å². The van der Waals surface area contributed by atoms with E-state index in [1.807, 2.05) is 30.3 Å². The molecule has 1 aliphatic heterocycles. The van der Waals surface area contributed by atoms with Crippen molar-refractivity contribution in [2.24, 2.45) is 0 Å². The molecule has 3 rings (SSSR count). The Labute approximate surface area is 169 Å². The molecule has 2 aromatic rings. The third kappa shape index (κ3) is 5.04. The van der Waals surface area contributed by atoms with Crippen LogP contribution in [0.4, 0.5) is 0 Å². The summed E-state index contributed by atoms with van der Waals surface area (Å²) >= 11 is 3.51. The Hall–Kier alpha value is -2.01. The van der Waals surface area contributed by atoms with Crippen LogP contribution in [-0.4, -0.2) is 37.6 Å². The maximum atomic E-state index is 12.8. The molecular weight excluding hydrogens is 406 g/mol. The molecule has 1 amide bonds. The van der Waals surface area contributed by atoms with Crippen LogP contribution in [0.15, 0.2) is 46.9 Å². The lowest BCUT2D eigenvalue weighted by Gasteiger charge is -2.25. The quantitative estimate of drug-likeness (QED) is 0.641. The molecule has 0 radical (unpaired) electrons. The number of halogens is 1. The third-order valence-corrected chi connectivity index (χ3v) is 5.77. The Kier molecular flexibility index (Phi) is 6.78. The lowest BCUT2D eigenvalue weighted by molar-refractivity contribution is -0.131. The second-order valence-corrected chi connectivity index (χ2v) is 7.76. The number of methoxy groups -OCH3 is 2. The van der Waals surface area contributed by atoms with Crippen molar-refractivity contribution in [1.82, 2.24) is 4.90 Å². The minimum Gasteiger partial charge on any atom is -0.497 e. The van der Waals surface area contributed by atoms with E-state index < -0.39 is 0 Å². The second kappa shape index (κ2) is 9.27. The standard InChI is InChI=1S/C22H26BrNO3/c1-26-19-7-3-5-17(14-19)13-18-6-4-12-24(18)22(25)11-9-16-8-10-21(27-2)20(23)15-16/h3,5,7-8,10,14-15,18H,4,6,9,11-13H2,1-2H3. The summed E-state index contributed by atoms with van der Waals surface area (Å²) in [6.07, 6.45) is 4.31. The lowest BCUT2D eigenvalue weighted by atomic mass is 10.0. The van der Waals surface area contributed by atoms with Gasteiger partial charge in [-0.1, -0.05) is 18.2 Å². The number of hydrogen-bond acceptors (Lipinski definition) is 3. The summed E-state index contributed by atoms with van der Waals surface area (Å²) in [4.78, 5) is 14.9. The molecule has 0 bridgehead atoms. The Morgan fingerprint density at radius 3 is 2.74 bits per heavy atom. The van der Waals surface area contributed by atoms with Crippen LogP contribution in [0, 0.1) is 0 Å². The van der Waals surface area contributed by atoms with Crippen LogP contribution in [0.1, 0.15) is 30.4 Å². The van der Waals surface area contributed by atoms with Crippen molar-refractivity contribution < 1.29 is 14.3 Å². The molecule has 0 spiro atoms. The zero-order valence-corrected chi connectivity index (χ0v) is 17.5. The topological polar surface area (TPSA) is 38.8 Å². The van der Waals surface area contributed by atoms with Gasteiger partial charge in [0, 0.05) is 19.0 Å². The van der Waals surface area contributed by atoms with Gasteiger partial charge in [0.25, 0.3) is 0 Å². The largest absolute Gasteiger partial charge is 0.497 e. The first-order chi connectivity index (χ1) is 13.1. The Morgan fingerprint density at radius 1 is 1.15 bits per heavy atom. The number of amides is 1. The van der Waals surface area contributed by atoms with Gasteiger partial charge in [0.2, 0.25) is 5.91 Å². The predicted molar refractivity (Wildman–Crippen MR) is 110 cm³/mol. The van der Waals surface area contributed by atoms with E-state index in [0.29, 0.717) is 6.42 Å². The van der Waals surface area contributed by atoms with Crippen molar-refractivity contribution in [3.8, 4) is 11.5 Å². The minimum atomic E-state index is 0.243. The van der Waals surface area contributed by atoms with Gasteiger partial charge in [-0.25, -0.2) is 0 Å². The number of aryl methyl sites for hydroxylation is 1. The highest BCUT2D eigenvalue weighted by atomic mass is 79.9. The van der Waals surface area contributed by atoms with Crippen LogP contribution in [0.5, 0.6) is 11.5 Å². The van der Waals surface area contributed by atoms with Crippen LogP contribution in [-0.2, 0) is 17.6 Å². The fourth-order valence-corrected chi connectivity index (χ4v) is 4.30. The van der Waals surface area contributed by atoms with E-state index in [-0.39, 0.29) is 11.9 Å². The van der Waals surface area contributed by atoms with Crippen LogP contribution >= 0.6 is 15.9 Å². The zero-order chi connectivity index (χ0) is 19.2. The molecule has 1 fully saturated rings. The smallest absolute Gasteiger partial charge is 0.223 e. The molecule has 27 heavy (non-hydrogen) atoms. The minimum absolute atomic E-state index is 0.243. The molecule has 1 saturated heterocycles. The van der Waals surface area contributed by atoms with E-state index in [1.54, 1.807) is 14.2 Å². The molecule has 1 unspecified atom stereocenters. The summed E-state index contributed by atoms with van der Waals surface area (Å²) in [5.41, 5.74) is 2.36.